The third-order valence-electron chi connectivity index (χ3n) is 3.72. The highest BCUT2D eigenvalue weighted by Gasteiger charge is 2.22. The van der Waals surface area contributed by atoms with Crippen LogP contribution in [0.25, 0.3) is 0 Å². The number of nitrogens with zero attached hydrogens (tertiary/aromatic N) is 1. The second-order valence-corrected chi connectivity index (χ2v) is 6.01. The summed E-state index contributed by atoms with van der Waals surface area (Å²) in [5.74, 6) is 0.836. The predicted octanol–water partition coefficient (Wildman–Crippen LogP) is 3.29. The molecule has 3 heteroatoms. The fourth-order valence-electron chi connectivity index (χ4n) is 2.64. The molecule has 0 saturated carbocycles. The van der Waals surface area contributed by atoms with Gasteiger partial charge in [0.2, 0.25) is 0 Å². The second kappa shape index (κ2) is 6.55. The van der Waals surface area contributed by atoms with Crippen molar-refractivity contribution in [3.05, 3.63) is 34.9 Å². The number of benzene rings is 1. The molecule has 1 aliphatic heterocycles. The van der Waals surface area contributed by atoms with E-state index in [1.54, 1.807) is 0 Å². The molecule has 2 nitrogen and oxygen atoms in total. The highest BCUT2D eigenvalue weighted by Crippen LogP contribution is 2.23. The van der Waals surface area contributed by atoms with Crippen molar-refractivity contribution in [3.63, 3.8) is 0 Å². The van der Waals surface area contributed by atoms with Crippen LogP contribution in [-0.4, -0.2) is 24.0 Å². The van der Waals surface area contributed by atoms with Crippen LogP contribution in [0.15, 0.2) is 24.3 Å². The van der Waals surface area contributed by atoms with Crippen molar-refractivity contribution < 1.29 is 0 Å². The molecular formula is C15H23ClN2. The van der Waals surface area contributed by atoms with Gasteiger partial charge >= 0.3 is 0 Å². The maximum atomic E-state index is 5.90. The Kier molecular flexibility index (Phi) is 5.04. The van der Waals surface area contributed by atoms with Crippen LogP contribution in [0.5, 0.6) is 0 Å². The molecule has 1 fully saturated rings. The molecule has 0 aliphatic carbocycles. The van der Waals surface area contributed by atoms with E-state index in [1.807, 2.05) is 12.1 Å². The molecule has 1 aliphatic rings. The molecular weight excluding hydrogens is 244 g/mol. The lowest BCUT2D eigenvalue weighted by atomic mass is 10.0. The molecule has 1 aromatic rings. The van der Waals surface area contributed by atoms with E-state index in [2.05, 4.69) is 24.0 Å². The van der Waals surface area contributed by atoms with Crippen molar-refractivity contribution >= 4 is 11.6 Å². The molecule has 18 heavy (non-hydrogen) atoms. The van der Waals surface area contributed by atoms with Crippen molar-refractivity contribution in [1.82, 2.24) is 4.90 Å². The van der Waals surface area contributed by atoms with Crippen molar-refractivity contribution in [2.75, 3.05) is 13.1 Å². The minimum atomic E-state index is 0.343. The number of halogens is 1. The average molecular weight is 267 g/mol. The number of hydrogen-bond donors (Lipinski definition) is 1. The van der Waals surface area contributed by atoms with Crippen LogP contribution < -0.4 is 5.73 Å². The Hall–Kier alpha value is -0.570. The third-order valence-corrected chi connectivity index (χ3v) is 3.97. The fourth-order valence-corrected chi connectivity index (χ4v) is 2.76. The molecule has 0 radical (unpaired) electrons. The SMILES string of the molecule is CC(N)CCC1CCN(Cc2ccc(Cl)cc2)C1. The second-order valence-electron chi connectivity index (χ2n) is 5.57. The summed E-state index contributed by atoms with van der Waals surface area (Å²) in [6.45, 7) is 5.58. The molecule has 1 heterocycles. The van der Waals surface area contributed by atoms with Crippen molar-refractivity contribution in [2.45, 2.75) is 38.8 Å². The lowest BCUT2D eigenvalue weighted by molar-refractivity contribution is 0.311. The topological polar surface area (TPSA) is 29.3 Å². The van der Waals surface area contributed by atoms with Crippen LogP contribution in [0.2, 0.25) is 5.02 Å². The van der Waals surface area contributed by atoms with Crippen molar-refractivity contribution in [2.24, 2.45) is 11.7 Å². The van der Waals surface area contributed by atoms with E-state index in [9.17, 15) is 0 Å². The first-order valence-corrected chi connectivity index (χ1v) is 7.23. The molecule has 0 amide bonds. The van der Waals surface area contributed by atoms with E-state index in [4.69, 9.17) is 17.3 Å². The molecule has 100 valence electrons. The van der Waals surface area contributed by atoms with Gasteiger partial charge in [-0.15, -0.1) is 0 Å². The summed E-state index contributed by atoms with van der Waals surface area (Å²) in [7, 11) is 0. The Morgan fingerprint density at radius 1 is 1.39 bits per heavy atom. The van der Waals surface area contributed by atoms with Gasteiger partial charge in [-0.25, -0.2) is 0 Å². The van der Waals surface area contributed by atoms with E-state index in [1.165, 1.54) is 31.5 Å². The summed E-state index contributed by atoms with van der Waals surface area (Å²) in [6, 6.07) is 8.53. The number of hydrogen-bond acceptors (Lipinski definition) is 2. The van der Waals surface area contributed by atoms with Gasteiger partial charge in [0.25, 0.3) is 0 Å². The van der Waals surface area contributed by atoms with Crippen molar-refractivity contribution in [3.8, 4) is 0 Å². The summed E-state index contributed by atoms with van der Waals surface area (Å²) >= 11 is 5.90. The summed E-state index contributed by atoms with van der Waals surface area (Å²) in [4.78, 5) is 2.54. The average Bonchev–Trinajstić information content (AvgIpc) is 2.77. The molecule has 0 aromatic heterocycles. The number of rotatable bonds is 5. The molecule has 2 atom stereocenters. The van der Waals surface area contributed by atoms with Crippen LogP contribution >= 0.6 is 11.6 Å². The minimum Gasteiger partial charge on any atom is -0.328 e. The van der Waals surface area contributed by atoms with Gasteiger partial charge < -0.3 is 5.73 Å². The molecule has 0 bridgehead atoms. The Morgan fingerprint density at radius 3 is 2.78 bits per heavy atom. The maximum Gasteiger partial charge on any atom is 0.0406 e. The minimum absolute atomic E-state index is 0.343. The summed E-state index contributed by atoms with van der Waals surface area (Å²) in [6.07, 6.45) is 3.74. The van der Waals surface area contributed by atoms with E-state index in [0.29, 0.717) is 6.04 Å². The first kappa shape index (κ1) is 13.9. The molecule has 2 unspecified atom stereocenters. The van der Waals surface area contributed by atoms with Gasteiger partial charge in [0.05, 0.1) is 0 Å². The van der Waals surface area contributed by atoms with Crippen LogP contribution in [0, 0.1) is 5.92 Å². The van der Waals surface area contributed by atoms with Crippen molar-refractivity contribution in [1.29, 1.82) is 0 Å². The standard InChI is InChI=1S/C15H23ClN2/c1-12(17)2-3-14-8-9-18(11-14)10-13-4-6-15(16)7-5-13/h4-7,12,14H,2-3,8-11,17H2,1H3. The van der Waals surface area contributed by atoms with E-state index < -0.39 is 0 Å². The summed E-state index contributed by atoms with van der Waals surface area (Å²) in [5.41, 5.74) is 7.17. The van der Waals surface area contributed by atoms with E-state index in [-0.39, 0.29) is 0 Å². The monoisotopic (exact) mass is 266 g/mol. The third kappa shape index (κ3) is 4.27. The number of likely N-dealkylation sites (tertiary alicyclic amines) is 1. The van der Waals surface area contributed by atoms with Crippen LogP contribution in [0.4, 0.5) is 0 Å². The van der Waals surface area contributed by atoms with Gasteiger partial charge in [-0.2, -0.15) is 0 Å². The van der Waals surface area contributed by atoms with Gasteiger partial charge in [-0.1, -0.05) is 23.7 Å². The zero-order chi connectivity index (χ0) is 13.0. The zero-order valence-corrected chi connectivity index (χ0v) is 11.9. The lowest BCUT2D eigenvalue weighted by Gasteiger charge is -2.16. The first-order valence-electron chi connectivity index (χ1n) is 6.86. The normalized spacial score (nSPS) is 22.3. The maximum absolute atomic E-state index is 5.90. The molecule has 2 N–H and O–H groups in total. The highest BCUT2D eigenvalue weighted by atomic mass is 35.5. The Morgan fingerprint density at radius 2 is 2.11 bits per heavy atom. The quantitative estimate of drug-likeness (QED) is 0.886. The first-order chi connectivity index (χ1) is 8.63. The van der Waals surface area contributed by atoms with E-state index in [0.717, 1.165) is 23.9 Å². The smallest absolute Gasteiger partial charge is 0.0406 e. The van der Waals surface area contributed by atoms with Gasteiger partial charge in [-0.3, -0.25) is 4.90 Å². The Balaban J connectivity index is 1.77. The Labute approximate surface area is 115 Å². The largest absolute Gasteiger partial charge is 0.328 e. The van der Waals surface area contributed by atoms with Crippen LogP contribution in [0.3, 0.4) is 0 Å². The zero-order valence-electron chi connectivity index (χ0n) is 11.1. The lowest BCUT2D eigenvalue weighted by Crippen LogP contribution is -2.21. The van der Waals surface area contributed by atoms with Gasteiger partial charge in [0, 0.05) is 24.2 Å². The van der Waals surface area contributed by atoms with Gasteiger partial charge in [0.15, 0.2) is 0 Å². The van der Waals surface area contributed by atoms with Crippen LogP contribution in [0.1, 0.15) is 31.7 Å². The fraction of sp³-hybridized carbons (Fsp3) is 0.600. The van der Waals surface area contributed by atoms with Crippen LogP contribution in [-0.2, 0) is 6.54 Å². The highest BCUT2D eigenvalue weighted by molar-refractivity contribution is 6.30. The molecule has 1 aromatic carbocycles. The summed E-state index contributed by atoms with van der Waals surface area (Å²) in [5, 5.41) is 0.815. The van der Waals surface area contributed by atoms with Gasteiger partial charge in [0.1, 0.15) is 0 Å². The Bertz CT molecular complexity index is 361. The molecule has 1 saturated heterocycles. The molecule has 2 rings (SSSR count). The molecule has 0 spiro atoms. The predicted molar refractivity (Wildman–Crippen MR) is 77.7 cm³/mol. The van der Waals surface area contributed by atoms with Gasteiger partial charge in [-0.05, 0) is 56.3 Å². The van der Waals surface area contributed by atoms with E-state index >= 15 is 0 Å². The number of nitrogens with two attached hydrogens (primary N) is 1. The summed E-state index contributed by atoms with van der Waals surface area (Å²) < 4.78 is 0.